The summed E-state index contributed by atoms with van der Waals surface area (Å²) in [5.41, 5.74) is 0.440. The first-order valence-electron chi connectivity index (χ1n) is 7.22. The summed E-state index contributed by atoms with van der Waals surface area (Å²) in [5.74, 6) is 1.27. The Bertz CT molecular complexity index is 674. The molecule has 1 amide bonds. The number of hydrogen-bond acceptors (Lipinski definition) is 3. The maximum Gasteiger partial charge on any atom is 0.237 e. The molecule has 1 atom stereocenters. The molecule has 24 heavy (non-hydrogen) atoms. The van der Waals surface area contributed by atoms with Crippen molar-refractivity contribution in [3.05, 3.63) is 57.5 Å². The summed E-state index contributed by atoms with van der Waals surface area (Å²) in [4.78, 5) is 12.2. The minimum Gasteiger partial charge on any atom is -0.493 e. The van der Waals surface area contributed by atoms with Gasteiger partial charge in [-0.25, -0.2) is 0 Å². The molecule has 3 nitrogen and oxygen atoms in total. The third-order valence-corrected chi connectivity index (χ3v) is 5.11. The molecule has 2 aromatic rings. The molecule has 2 aromatic carbocycles. The SMILES string of the molecule is CC(SCCOc1ccc(Cl)cc1)C(=O)Nc1c(Cl)cccc1Cl. The maximum atomic E-state index is 12.2. The number of anilines is 1. The molecule has 0 saturated carbocycles. The molecule has 7 heteroatoms. The standard InChI is InChI=1S/C17H16Cl3NO2S/c1-11(17(22)21-16-14(19)3-2-4-15(16)20)24-10-9-23-13-7-5-12(18)6-8-13/h2-8,11H,9-10H2,1H3,(H,21,22). The third kappa shape index (κ3) is 5.78. The lowest BCUT2D eigenvalue weighted by molar-refractivity contribution is -0.115. The van der Waals surface area contributed by atoms with Crippen molar-refractivity contribution >= 4 is 58.2 Å². The lowest BCUT2D eigenvalue weighted by Crippen LogP contribution is -2.23. The molecule has 128 valence electrons. The van der Waals surface area contributed by atoms with Crippen LogP contribution in [0.5, 0.6) is 5.75 Å². The minimum absolute atomic E-state index is 0.151. The van der Waals surface area contributed by atoms with E-state index in [2.05, 4.69) is 5.32 Å². The van der Waals surface area contributed by atoms with E-state index in [4.69, 9.17) is 39.5 Å². The molecule has 1 N–H and O–H groups in total. The van der Waals surface area contributed by atoms with Crippen LogP contribution in [0, 0.1) is 0 Å². The van der Waals surface area contributed by atoms with Crippen LogP contribution in [-0.2, 0) is 4.79 Å². The van der Waals surface area contributed by atoms with Crippen LogP contribution in [0.2, 0.25) is 15.1 Å². The van der Waals surface area contributed by atoms with Gasteiger partial charge in [0.15, 0.2) is 0 Å². The Labute approximate surface area is 160 Å². The number of rotatable bonds is 7. The predicted octanol–water partition coefficient (Wildman–Crippen LogP) is 5.79. The van der Waals surface area contributed by atoms with Gasteiger partial charge >= 0.3 is 0 Å². The fourth-order valence-electron chi connectivity index (χ4n) is 1.83. The van der Waals surface area contributed by atoms with Crippen LogP contribution in [0.1, 0.15) is 6.92 Å². The highest BCUT2D eigenvalue weighted by molar-refractivity contribution is 8.00. The van der Waals surface area contributed by atoms with Crippen molar-refractivity contribution in [2.24, 2.45) is 0 Å². The number of amides is 1. The molecule has 0 fully saturated rings. The Hall–Kier alpha value is -1.07. The quantitative estimate of drug-likeness (QED) is 0.594. The van der Waals surface area contributed by atoms with E-state index >= 15 is 0 Å². The average Bonchev–Trinajstić information content (AvgIpc) is 2.56. The van der Waals surface area contributed by atoms with E-state index in [-0.39, 0.29) is 11.2 Å². The number of para-hydroxylation sites is 1. The number of nitrogens with one attached hydrogen (secondary N) is 1. The van der Waals surface area contributed by atoms with Gasteiger partial charge in [0, 0.05) is 10.8 Å². The topological polar surface area (TPSA) is 38.3 Å². The predicted molar refractivity (Wildman–Crippen MR) is 104 cm³/mol. The zero-order valence-corrected chi connectivity index (χ0v) is 16.0. The first kappa shape index (κ1) is 19.3. The van der Waals surface area contributed by atoms with Crippen LogP contribution in [-0.4, -0.2) is 23.5 Å². The van der Waals surface area contributed by atoms with Crippen molar-refractivity contribution in [3.63, 3.8) is 0 Å². The maximum absolute atomic E-state index is 12.2. The number of carbonyl (C=O) groups is 1. The van der Waals surface area contributed by atoms with Gasteiger partial charge in [0.25, 0.3) is 0 Å². The first-order valence-corrected chi connectivity index (χ1v) is 9.40. The molecule has 0 saturated heterocycles. The highest BCUT2D eigenvalue weighted by Gasteiger charge is 2.16. The van der Waals surface area contributed by atoms with Gasteiger partial charge in [0.1, 0.15) is 5.75 Å². The van der Waals surface area contributed by atoms with Gasteiger partial charge in [-0.05, 0) is 43.3 Å². The van der Waals surface area contributed by atoms with Crippen LogP contribution in [0.15, 0.2) is 42.5 Å². The summed E-state index contributed by atoms with van der Waals surface area (Å²) in [6.07, 6.45) is 0. The minimum atomic E-state index is -0.258. The number of thioether (sulfide) groups is 1. The van der Waals surface area contributed by atoms with E-state index in [0.29, 0.717) is 33.1 Å². The zero-order chi connectivity index (χ0) is 17.5. The van der Waals surface area contributed by atoms with Crippen molar-refractivity contribution in [1.29, 1.82) is 0 Å². The van der Waals surface area contributed by atoms with Crippen LogP contribution in [0.25, 0.3) is 0 Å². The van der Waals surface area contributed by atoms with Gasteiger partial charge in [0.2, 0.25) is 5.91 Å². The van der Waals surface area contributed by atoms with E-state index in [0.717, 1.165) is 5.75 Å². The van der Waals surface area contributed by atoms with Gasteiger partial charge in [-0.1, -0.05) is 40.9 Å². The van der Waals surface area contributed by atoms with E-state index in [1.165, 1.54) is 11.8 Å². The van der Waals surface area contributed by atoms with Gasteiger partial charge in [-0.2, -0.15) is 0 Å². The Balaban J connectivity index is 1.76. The number of ether oxygens (including phenoxy) is 1. The lowest BCUT2D eigenvalue weighted by atomic mass is 10.3. The number of hydrogen-bond donors (Lipinski definition) is 1. The Morgan fingerprint density at radius 1 is 1.12 bits per heavy atom. The van der Waals surface area contributed by atoms with Crippen LogP contribution < -0.4 is 10.1 Å². The summed E-state index contributed by atoms with van der Waals surface area (Å²) in [6.45, 7) is 2.32. The Morgan fingerprint density at radius 2 is 1.75 bits per heavy atom. The molecule has 0 spiro atoms. The summed E-state index contributed by atoms with van der Waals surface area (Å²) in [5, 5.41) is 4.00. The molecular weight excluding hydrogens is 389 g/mol. The van der Waals surface area contributed by atoms with Crippen molar-refractivity contribution < 1.29 is 9.53 Å². The number of halogens is 3. The van der Waals surface area contributed by atoms with Crippen molar-refractivity contribution in [1.82, 2.24) is 0 Å². The molecule has 2 rings (SSSR count). The molecular formula is C17H16Cl3NO2S. The van der Waals surface area contributed by atoms with E-state index < -0.39 is 0 Å². The molecule has 0 aliphatic heterocycles. The molecule has 0 aromatic heterocycles. The third-order valence-electron chi connectivity index (χ3n) is 3.11. The normalized spacial score (nSPS) is 11.8. The van der Waals surface area contributed by atoms with Crippen LogP contribution in [0.4, 0.5) is 5.69 Å². The van der Waals surface area contributed by atoms with E-state index in [1.807, 2.05) is 19.1 Å². The average molecular weight is 405 g/mol. The fourth-order valence-corrected chi connectivity index (χ4v) is 3.19. The second kappa shape index (κ2) is 9.42. The molecule has 1 unspecified atom stereocenters. The highest BCUT2D eigenvalue weighted by atomic mass is 35.5. The van der Waals surface area contributed by atoms with Crippen molar-refractivity contribution in [3.8, 4) is 5.75 Å². The zero-order valence-electron chi connectivity index (χ0n) is 12.9. The molecule has 0 aliphatic carbocycles. The summed E-state index contributed by atoms with van der Waals surface area (Å²) >= 11 is 19.4. The number of carbonyl (C=O) groups excluding carboxylic acids is 1. The van der Waals surface area contributed by atoms with Crippen LogP contribution >= 0.6 is 46.6 Å². The second-order valence-electron chi connectivity index (χ2n) is 4.90. The van der Waals surface area contributed by atoms with Crippen LogP contribution in [0.3, 0.4) is 0 Å². The summed E-state index contributed by atoms with van der Waals surface area (Å²) < 4.78 is 5.59. The van der Waals surface area contributed by atoms with Crippen molar-refractivity contribution in [2.45, 2.75) is 12.2 Å². The highest BCUT2D eigenvalue weighted by Crippen LogP contribution is 2.30. The monoisotopic (exact) mass is 403 g/mol. The van der Waals surface area contributed by atoms with E-state index in [9.17, 15) is 4.79 Å². The second-order valence-corrected chi connectivity index (χ2v) is 7.60. The molecule has 0 radical (unpaired) electrons. The Morgan fingerprint density at radius 3 is 2.38 bits per heavy atom. The van der Waals surface area contributed by atoms with Gasteiger partial charge in [-0.15, -0.1) is 11.8 Å². The molecule has 0 heterocycles. The molecule has 0 aliphatic rings. The largest absolute Gasteiger partial charge is 0.493 e. The Kier molecular flexibility index (Phi) is 7.56. The fraction of sp³-hybridized carbons (Fsp3) is 0.235. The van der Waals surface area contributed by atoms with Gasteiger partial charge < -0.3 is 10.1 Å². The van der Waals surface area contributed by atoms with Gasteiger partial charge in [0.05, 0.1) is 27.6 Å². The number of benzene rings is 2. The van der Waals surface area contributed by atoms with E-state index in [1.54, 1.807) is 30.3 Å². The first-order chi connectivity index (χ1) is 11.5. The molecule has 0 bridgehead atoms. The smallest absolute Gasteiger partial charge is 0.237 e. The lowest BCUT2D eigenvalue weighted by Gasteiger charge is -2.14. The van der Waals surface area contributed by atoms with Gasteiger partial charge in [-0.3, -0.25) is 4.79 Å². The summed E-state index contributed by atoms with van der Waals surface area (Å²) in [6, 6.07) is 12.3. The van der Waals surface area contributed by atoms with Crippen molar-refractivity contribution in [2.75, 3.05) is 17.7 Å². The summed E-state index contributed by atoms with van der Waals surface area (Å²) in [7, 11) is 0.